The molecule has 0 atom stereocenters. The minimum atomic E-state index is -3.60. The molecule has 10 heteroatoms. The summed E-state index contributed by atoms with van der Waals surface area (Å²) >= 11 is 0. The smallest absolute Gasteiger partial charge is 0.297 e. The maximum Gasteiger partial charge on any atom is 0.297 e. The molecule has 0 radical (unpaired) electrons. The summed E-state index contributed by atoms with van der Waals surface area (Å²) in [6, 6.07) is 0. The molecule has 0 aliphatic carbocycles. The fraction of sp³-hybridized carbons (Fsp3) is 0.375. The molecule has 1 aromatic rings. The molecule has 0 aromatic carbocycles. The van der Waals surface area contributed by atoms with Crippen molar-refractivity contribution in [2.24, 2.45) is 5.73 Å². The quantitative estimate of drug-likeness (QED) is 0.538. The normalized spacial score (nSPS) is 17.1. The molecular formula is C8H10N4O5S. The second-order valence-electron chi connectivity index (χ2n) is 3.76. The molecule has 0 fully saturated rings. The van der Waals surface area contributed by atoms with Gasteiger partial charge in [0, 0.05) is 0 Å². The van der Waals surface area contributed by atoms with Crippen molar-refractivity contribution in [2.75, 3.05) is 0 Å². The van der Waals surface area contributed by atoms with Crippen molar-refractivity contribution in [3.05, 3.63) is 21.9 Å². The first-order valence-electron chi connectivity index (χ1n) is 4.87. The standard InChI is InChI=1S/C8H10N4O5S/c9-5(13)1-4-7(14)8(15)12-3-18(16,17)10-2-6(12)11-4/h10,14H,1-3H2,(H2,9,13). The molecule has 0 spiro atoms. The Morgan fingerprint density at radius 3 is 2.83 bits per heavy atom. The van der Waals surface area contributed by atoms with Gasteiger partial charge in [-0.25, -0.2) is 18.1 Å². The number of aromatic hydroxyl groups is 1. The molecule has 2 heterocycles. The van der Waals surface area contributed by atoms with Gasteiger partial charge in [0.05, 0.1) is 18.7 Å². The Morgan fingerprint density at radius 1 is 1.56 bits per heavy atom. The van der Waals surface area contributed by atoms with Crippen molar-refractivity contribution in [1.82, 2.24) is 14.3 Å². The molecule has 0 bridgehead atoms. The monoisotopic (exact) mass is 274 g/mol. The molecule has 98 valence electrons. The van der Waals surface area contributed by atoms with Gasteiger partial charge in [-0.3, -0.25) is 14.2 Å². The van der Waals surface area contributed by atoms with Gasteiger partial charge in [-0.1, -0.05) is 0 Å². The van der Waals surface area contributed by atoms with Crippen LogP contribution < -0.4 is 16.0 Å². The maximum atomic E-state index is 11.7. The Bertz CT molecular complexity index is 677. The highest BCUT2D eigenvalue weighted by Crippen LogP contribution is 2.13. The van der Waals surface area contributed by atoms with E-state index in [2.05, 4.69) is 9.71 Å². The first-order valence-corrected chi connectivity index (χ1v) is 6.52. The van der Waals surface area contributed by atoms with E-state index in [0.29, 0.717) is 0 Å². The van der Waals surface area contributed by atoms with E-state index in [1.165, 1.54) is 0 Å². The molecule has 2 rings (SSSR count). The van der Waals surface area contributed by atoms with E-state index in [1.807, 2.05) is 0 Å². The number of fused-ring (bicyclic) bond motifs is 1. The van der Waals surface area contributed by atoms with E-state index < -0.39 is 33.1 Å². The van der Waals surface area contributed by atoms with Crippen LogP contribution in [0.1, 0.15) is 11.5 Å². The van der Waals surface area contributed by atoms with E-state index >= 15 is 0 Å². The Hall–Kier alpha value is -1.94. The number of amides is 1. The first kappa shape index (κ1) is 12.5. The Labute approximate surface area is 101 Å². The fourth-order valence-corrected chi connectivity index (χ4v) is 2.63. The second-order valence-corrected chi connectivity index (χ2v) is 5.54. The zero-order valence-electron chi connectivity index (χ0n) is 9.08. The number of rotatable bonds is 2. The Balaban J connectivity index is 2.58. The summed E-state index contributed by atoms with van der Waals surface area (Å²) in [7, 11) is -3.60. The minimum Gasteiger partial charge on any atom is -0.502 e. The summed E-state index contributed by atoms with van der Waals surface area (Å²) < 4.78 is 25.6. The van der Waals surface area contributed by atoms with Crippen molar-refractivity contribution < 1.29 is 18.3 Å². The summed E-state index contributed by atoms with van der Waals surface area (Å²) in [5.74, 6) is -1.99. The van der Waals surface area contributed by atoms with E-state index in [1.54, 1.807) is 0 Å². The van der Waals surface area contributed by atoms with Crippen molar-refractivity contribution in [1.29, 1.82) is 0 Å². The third-order valence-corrected chi connectivity index (χ3v) is 3.57. The summed E-state index contributed by atoms with van der Waals surface area (Å²) in [4.78, 5) is 26.4. The zero-order valence-corrected chi connectivity index (χ0v) is 9.90. The number of primary amides is 1. The van der Waals surface area contributed by atoms with E-state index in [-0.39, 0.29) is 24.5 Å². The van der Waals surface area contributed by atoms with Gasteiger partial charge in [-0.2, -0.15) is 0 Å². The number of nitrogens with zero attached hydrogens (tertiary/aromatic N) is 2. The SMILES string of the molecule is NC(=O)Cc1nc2n(c(=O)c1O)CS(=O)(=O)NC2. The largest absolute Gasteiger partial charge is 0.502 e. The third kappa shape index (κ3) is 2.19. The van der Waals surface area contributed by atoms with Gasteiger partial charge in [-0.05, 0) is 0 Å². The lowest BCUT2D eigenvalue weighted by molar-refractivity contribution is -0.117. The highest BCUT2D eigenvalue weighted by Gasteiger charge is 2.25. The number of sulfonamides is 1. The van der Waals surface area contributed by atoms with Crippen LogP contribution in [0.15, 0.2) is 4.79 Å². The number of nitrogens with one attached hydrogen (secondary N) is 1. The van der Waals surface area contributed by atoms with Crippen molar-refractivity contribution >= 4 is 15.9 Å². The van der Waals surface area contributed by atoms with Crippen LogP contribution in [-0.2, 0) is 33.7 Å². The molecule has 1 aromatic heterocycles. The predicted molar refractivity (Wildman–Crippen MR) is 58.8 cm³/mol. The second kappa shape index (κ2) is 4.07. The van der Waals surface area contributed by atoms with Crippen LogP contribution in [0.2, 0.25) is 0 Å². The highest BCUT2D eigenvalue weighted by molar-refractivity contribution is 7.88. The van der Waals surface area contributed by atoms with Crippen molar-refractivity contribution in [3.8, 4) is 5.75 Å². The predicted octanol–water partition coefficient (Wildman–Crippen LogP) is -2.63. The summed E-state index contributed by atoms with van der Waals surface area (Å²) in [6.07, 6.45) is -0.387. The number of hydrogen-bond acceptors (Lipinski definition) is 6. The van der Waals surface area contributed by atoms with Crippen molar-refractivity contribution in [2.45, 2.75) is 18.8 Å². The molecule has 0 saturated carbocycles. The zero-order chi connectivity index (χ0) is 13.5. The average molecular weight is 274 g/mol. The van der Waals surface area contributed by atoms with Crippen LogP contribution in [0.4, 0.5) is 0 Å². The lowest BCUT2D eigenvalue weighted by Gasteiger charge is -2.19. The average Bonchev–Trinajstić information content (AvgIpc) is 2.26. The van der Waals surface area contributed by atoms with E-state index in [0.717, 1.165) is 4.57 Å². The molecule has 0 unspecified atom stereocenters. The molecule has 18 heavy (non-hydrogen) atoms. The lowest BCUT2D eigenvalue weighted by atomic mass is 10.2. The van der Waals surface area contributed by atoms with Crippen LogP contribution in [0.3, 0.4) is 0 Å². The lowest BCUT2D eigenvalue weighted by Crippen LogP contribution is -2.41. The molecular weight excluding hydrogens is 264 g/mol. The summed E-state index contributed by atoms with van der Waals surface area (Å²) in [5, 5.41) is 9.55. The van der Waals surface area contributed by atoms with E-state index in [4.69, 9.17) is 5.73 Å². The molecule has 1 aliphatic heterocycles. The molecule has 4 N–H and O–H groups in total. The highest BCUT2D eigenvalue weighted by atomic mass is 32.2. The van der Waals surface area contributed by atoms with E-state index in [9.17, 15) is 23.1 Å². The van der Waals surface area contributed by atoms with Crippen LogP contribution >= 0.6 is 0 Å². The van der Waals surface area contributed by atoms with Gasteiger partial charge in [0.15, 0.2) is 0 Å². The van der Waals surface area contributed by atoms with Crippen LogP contribution in [0, 0.1) is 0 Å². The summed E-state index contributed by atoms with van der Waals surface area (Å²) in [5.41, 5.74) is 3.90. The summed E-state index contributed by atoms with van der Waals surface area (Å²) in [6.45, 7) is -0.177. The van der Waals surface area contributed by atoms with Crippen LogP contribution in [0.25, 0.3) is 0 Å². The van der Waals surface area contributed by atoms with Gasteiger partial charge in [-0.15, -0.1) is 0 Å². The maximum absolute atomic E-state index is 11.7. The molecule has 0 saturated heterocycles. The van der Waals surface area contributed by atoms with Crippen LogP contribution in [0.5, 0.6) is 5.75 Å². The minimum absolute atomic E-state index is 0.129. The van der Waals surface area contributed by atoms with Gasteiger partial charge >= 0.3 is 0 Å². The molecule has 1 amide bonds. The Morgan fingerprint density at radius 2 is 2.22 bits per heavy atom. The Kier molecular flexibility index (Phi) is 2.83. The van der Waals surface area contributed by atoms with Crippen molar-refractivity contribution in [3.63, 3.8) is 0 Å². The molecule has 9 nitrogen and oxygen atoms in total. The van der Waals surface area contributed by atoms with Gasteiger partial charge in [0.2, 0.25) is 21.7 Å². The molecule has 1 aliphatic rings. The third-order valence-electron chi connectivity index (χ3n) is 2.39. The number of nitrogens with two attached hydrogens (primary N) is 1. The number of carbonyl (C=O) groups is 1. The number of hydrogen-bond donors (Lipinski definition) is 3. The van der Waals surface area contributed by atoms with Gasteiger partial charge < -0.3 is 10.8 Å². The first-order chi connectivity index (χ1) is 8.30. The number of aromatic nitrogens is 2. The van der Waals surface area contributed by atoms with Gasteiger partial charge in [0.1, 0.15) is 11.7 Å². The topological polar surface area (TPSA) is 144 Å². The number of carbonyl (C=O) groups excluding carboxylic acids is 1. The van der Waals surface area contributed by atoms with Crippen LogP contribution in [-0.4, -0.2) is 29.0 Å². The van der Waals surface area contributed by atoms with Gasteiger partial charge in [0.25, 0.3) is 5.56 Å². The fourth-order valence-electron chi connectivity index (χ4n) is 1.58.